The highest BCUT2D eigenvalue weighted by atomic mass is 79.9. The van der Waals surface area contributed by atoms with Gasteiger partial charge in [0.25, 0.3) is 0 Å². The fraction of sp³-hybridized carbons (Fsp3) is 0.0455. The molecule has 2 heterocycles. The third-order valence-electron chi connectivity index (χ3n) is 9.56. The molecule has 9 aromatic rings. The van der Waals surface area contributed by atoms with Gasteiger partial charge >= 0.3 is 0 Å². The number of halogens is 1. The van der Waals surface area contributed by atoms with E-state index in [0.29, 0.717) is 0 Å². The molecule has 0 fully saturated rings. The first kappa shape index (κ1) is 27.9. The van der Waals surface area contributed by atoms with Crippen LogP contribution < -0.4 is 0 Å². The first-order chi connectivity index (χ1) is 23.2. The Labute approximate surface area is 282 Å². The number of aromatic nitrogens is 2. The van der Waals surface area contributed by atoms with E-state index < -0.39 is 0 Å². The molecule has 2 aromatic heterocycles. The lowest BCUT2D eigenvalue weighted by Gasteiger charge is -2.14. The van der Waals surface area contributed by atoms with Crippen molar-refractivity contribution in [3.05, 3.63) is 162 Å². The lowest BCUT2D eigenvalue weighted by Crippen LogP contribution is -1.93. The number of nitrogens with zero attached hydrogens (tertiary/aromatic N) is 2. The number of rotatable bonds is 5. The van der Waals surface area contributed by atoms with Gasteiger partial charge in [0.1, 0.15) is 0 Å². The van der Waals surface area contributed by atoms with E-state index in [1.54, 1.807) is 0 Å². The zero-order valence-electron chi connectivity index (χ0n) is 26.0. The van der Waals surface area contributed by atoms with Crippen molar-refractivity contribution in [2.75, 3.05) is 0 Å². The van der Waals surface area contributed by atoms with E-state index in [1.807, 2.05) is 0 Å². The third kappa shape index (κ3) is 4.53. The van der Waals surface area contributed by atoms with E-state index in [9.17, 15) is 0 Å². The van der Waals surface area contributed by atoms with Crippen LogP contribution in [0.1, 0.15) is 6.92 Å². The van der Waals surface area contributed by atoms with Crippen LogP contribution in [0, 0.1) is 0 Å². The summed E-state index contributed by atoms with van der Waals surface area (Å²) >= 11 is 3.85. The van der Waals surface area contributed by atoms with Crippen LogP contribution in [0.3, 0.4) is 0 Å². The Hall–Kier alpha value is -5.38. The normalized spacial score (nSPS) is 11.7. The molecule has 9 rings (SSSR count). The van der Waals surface area contributed by atoms with Gasteiger partial charge in [0.2, 0.25) is 0 Å². The number of fused-ring (bicyclic) bond motifs is 6. The zero-order valence-corrected chi connectivity index (χ0v) is 27.6. The summed E-state index contributed by atoms with van der Waals surface area (Å²) in [6, 6.07) is 57.6. The summed E-state index contributed by atoms with van der Waals surface area (Å²) in [6.45, 7) is 3.16. The lowest BCUT2D eigenvalue weighted by molar-refractivity contribution is 0.827. The van der Waals surface area contributed by atoms with E-state index >= 15 is 0 Å². The van der Waals surface area contributed by atoms with Crippen LogP contribution in [0.2, 0.25) is 0 Å². The quantitative estimate of drug-likeness (QED) is 0.173. The zero-order chi connectivity index (χ0) is 31.5. The van der Waals surface area contributed by atoms with E-state index in [0.717, 1.165) is 16.7 Å². The largest absolute Gasteiger partial charge is 0.341 e. The minimum absolute atomic E-state index is 0.938. The van der Waals surface area contributed by atoms with Crippen LogP contribution >= 0.6 is 15.9 Å². The van der Waals surface area contributed by atoms with E-state index in [4.69, 9.17) is 0 Å². The van der Waals surface area contributed by atoms with Gasteiger partial charge in [0, 0.05) is 49.3 Å². The first-order valence-electron chi connectivity index (χ1n) is 16.2. The second-order valence-electron chi connectivity index (χ2n) is 12.2. The highest BCUT2D eigenvalue weighted by molar-refractivity contribution is 9.10. The molecule has 3 heteroatoms. The maximum absolute atomic E-state index is 3.85. The van der Waals surface area contributed by atoms with Crippen LogP contribution in [0.5, 0.6) is 0 Å². The lowest BCUT2D eigenvalue weighted by atomic mass is 9.92. The molecule has 0 radical (unpaired) electrons. The molecule has 0 N–H and O–H groups in total. The molecular formula is C44H31BrN2. The van der Waals surface area contributed by atoms with Crippen LogP contribution in [0.4, 0.5) is 0 Å². The molecule has 0 aliphatic carbocycles. The van der Waals surface area contributed by atoms with E-state index in [1.165, 1.54) is 77.0 Å². The van der Waals surface area contributed by atoms with Crippen molar-refractivity contribution in [3.63, 3.8) is 0 Å². The van der Waals surface area contributed by atoms with Crippen molar-refractivity contribution in [2.24, 2.45) is 0 Å². The minimum Gasteiger partial charge on any atom is -0.341 e. The molecule has 0 amide bonds. The molecule has 0 saturated carbocycles. The number of benzene rings is 7. The molecule has 0 saturated heterocycles. The van der Waals surface area contributed by atoms with Crippen LogP contribution in [0.15, 0.2) is 162 Å². The highest BCUT2D eigenvalue weighted by Crippen LogP contribution is 2.40. The molecule has 2 nitrogen and oxygen atoms in total. The summed E-state index contributed by atoms with van der Waals surface area (Å²) in [4.78, 5) is 0. The topological polar surface area (TPSA) is 9.86 Å². The number of hydrogen-bond acceptors (Lipinski definition) is 0. The molecule has 0 unspecified atom stereocenters. The number of aryl methyl sites for hydroxylation is 1. The van der Waals surface area contributed by atoms with E-state index in [2.05, 4.69) is 190 Å². The van der Waals surface area contributed by atoms with Gasteiger partial charge in [-0.3, -0.25) is 0 Å². The van der Waals surface area contributed by atoms with Crippen molar-refractivity contribution in [1.82, 2.24) is 9.13 Å². The number of para-hydroxylation sites is 3. The monoisotopic (exact) mass is 666 g/mol. The minimum atomic E-state index is 0.938. The summed E-state index contributed by atoms with van der Waals surface area (Å²) in [5.41, 5.74) is 13.3. The van der Waals surface area contributed by atoms with Gasteiger partial charge < -0.3 is 9.13 Å². The van der Waals surface area contributed by atoms with Gasteiger partial charge in [0.05, 0.1) is 11.0 Å². The summed E-state index contributed by atoms with van der Waals surface area (Å²) < 4.78 is 5.90. The summed E-state index contributed by atoms with van der Waals surface area (Å²) in [6.07, 6.45) is 0. The fourth-order valence-electron chi connectivity index (χ4n) is 7.39. The summed E-state index contributed by atoms with van der Waals surface area (Å²) in [5.74, 6) is 0. The maximum Gasteiger partial charge on any atom is 0.0547 e. The summed E-state index contributed by atoms with van der Waals surface area (Å²) in [5, 5.41) is 5.11. The van der Waals surface area contributed by atoms with Gasteiger partial charge in [-0.15, -0.1) is 0 Å². The average Bonchev–Trinajstić information content (AvgIpc) is 3.63. The predicted octanol–water partition coefficient (Wildman–Crippen LogP) is 12.7. The fourth-order valence-corrected chi connectivity index (χ4v) is 7.90. The van der Waals surface area contributed by atoms with Crippen molar-refractivity contribution in [2.45, 2.75) is 13.5 Å². The second kappa shape index (κ2) is 11.2. The molecule has 0 aliphatic rings. The van der Waals surface area contributed by atoms with Gasteiger partial charge in [-0.2, -0.15) is 0 Å². The highest BCUT2D eigenvalue weighted by Gasteiger charge is 2.16. The summed E-state index contributed by atoms with van der Waals surface area (Å²) in [7, 11) is 0. The molecule has 0 atom stereocenters. The smallest absolute Gasteiger partial charge is 0.0547 e. The van der Waals surface area contributed by atoms with Crippen molar-refractivity contribution >= 4 is 59.5 Å². The van der Waals surface area contributed by atoms with E-state index in [-0.39, 0.29) is 0 Å². The predicted molar refractivity (Wildman–Crippen MR) is 203 cm³/mol. The van der Waals surface area contributed by atoms with Crippen LogP contribution in [-0.2, 0) is 6.54 Å². The van der Waals surface area contributed by atoms with Crippen LogP contribution in [-0.4, -0.2) is 9.13 Å². The molecule has 0 spiro atoms. The Morgan fingerprint density at radius 1 is 0.426 bits per heavy atom. The Morgan fingerprint density at radius 3 is 1.77 bits per heavy atom. The van der Waals surface area contributed by atoms with Crippen molar-refractivity contribution in [3.8, 4) is 39.1 Å². The molecule has 0 bridgehead atoms. The molecule has 224 valence electrons. The Morgan fingerprint density at radius 2 is 1.00 bits per heavy atom. The first-order valence-corrected chi connectivity index (χ1v) is 17.0. The molecule has 47 heavy (non-hydrogen) atoms. The standard InChI is InChI=1S/C44H31BrN2/c1-2-46-41-18-10-7-16-37(41)39-27-29(21-23-42(39)46)31-24-32(26-33(25-31)35-14-6-9-17-40(35)45)30-20-22-38-36-15-8-11-19-43(36)47(44(38)28-30)34-12-4-3-5-13-34/h3-28H,2H2,1H3. The molecule has 7 aromatic carbocycles. The van der Waals surface area contributed by atoms with Gasteiger partial charge in [-0.25, -0.2) is 0 Å². The second-order valence-corrected chi connectivity index (χ2v) is 13.0. The molecular weight excluding hydrogens is 636 g/mol. The average molecular weight is 668 g/mol. The maximum atomic E-state index is 3.85. The third-order valence-corrected chi connectivity index (χ3v) is 10.3. The molecule has 0 aliphatic heterocycles. The van der Waals surface area contributed by atoms with Gasteiger partial charge in [0.15, 0.2) is 0 Å². The Balaban J connectivity index is 1.29. The SMILES string of the molecule is CCn1c2ccccc2c2cc(-c3cc(-c4ccc5c6ccccc6n(-c6ccccc6)c5c4)cc(-c4ccccc4Br)c3)ccc21. The Kier molecular flexibility index (Phi) is 6.62. The van der Waals surface area contributed by atoms with Gasteiger partial charge in [-0.1, -0.05) is 107 Å². The Bertz CT molecular complexity index is 2620. The van der Waals surface area contributed by atoms with Crippen LogP contribution in [0.25, 0.3) is 82.7 Å². The van der Waals surface area contributed by atoms with Crippen molar-refractivity contribution in [1.29, 1.82) is 0 Å². The van der Waals surface area contributed by atoms with Gasteiger partial charge in [-0.05, 0) is 107 Å². The van der Waals surface area contributed by atoms with Crippen molar-refractivity contribution < 1.29 is 0 Å². The number of hydrogen-bond donors (Lipinski definition) is 0.